The van der Waals surface area contributed by atoms with E-state index in [0.29, 0.717) is 5.92 Å². The van der Waals surface area contributed by atoms with Gasteiger partial charge in [0.05, 0.1) is 6.20 Å². The van der Waals surface area contributed by atoms with Gasteiger partial charge < -0.3 is 9.84 Å². The zero-order chi connectivity index (χ0) is 9.38. The van der Waals surface area contributed by atoms with Gasteiger partial charge in [0.25, 0.3) is 0 Å². The summed E-state index contributed by atoms with van der Waals surface area (Å²) in [5.41, 5.74) is 1.30. The fourth-order valence-corrected chi connectivity index (χ4v) is 3.08. The van der Waals surface area contributed by atoms with Crippen LogP contribution in [0.15, 0.2) is 17.0 Å². The maximum Gasteiger partial charge on any atom is 0.127 e. The third kappa shape index (κ3) is 1.36. The minimum absolute atomic E-state index is 0.685. The number of fused-ring (bicyclic) bond motifs is 2. The first-order valence-corrected chi connectivity index (χ1v) is 5.53. The van der Waals surface area contributed by atoms with Crippen molar-refractivity contribution in [1.82, 2.24) is 10.5 Å². The molecule has 0 spiro atoms. The topological polar surface area (TPSA) is 38.1 Å². The van der Waals surface area contributed by atoms with Crippen LogP contribution in [-0.2, 0) is 0 Å². The van der Waals surface area contributed by atoms with Crippen molar-refractivity contribution < 1.29 is 4.52 Å². The van der Waals surface area contributed by atoms with Crippen molar-refractivity contribution in [2.24, 2.45) is 11.8 Å². The maximum atomic E-state index is 4.93. The van der Waals surface area contributed by atoms with E-state index < -0.39 is 0 Å². The molecule has 3 nitrogen and oxygen atoms in total. The van der Waals surface area contributed by atoms with Gasteiger partial charge in [0.15, 0.2) is 0 Å². The SMILES string of the molecule is c1nocc1C1CCC2CNCC1C2. The molecule has 0 radical (unpaired) electrons. The lowest BCUT2D eigenvalue weighted by Gasteiger charge is -2.40. The number of hydrogen-bond acceptors (Lipinski definition) is 3. The van der Waals surface area contributed by atoms with E-state index in [2.05, 4.69) is 10.5 Å². The molecule has 1 N–H and O–H groups in total. The summed E-state index contributed by atoms with van der Waals surface area (Å²) >= 11 is 0. The molecule has 2 heterocycles. The van der Waals surface area contributed by atoms with Crippen LogP contribution in [-0.4, -0.2) is 18.2 Å². The Morgan fingerprint density at radius 3 is 3.21 bits per heavy atom. The summed E-state index contributed by atoms with van der Waals surface area (Å²) in [5, 5.41) is 7.34. The summed E-state index contributed by atoms with van der Waals surface area (Å²) in [5.74, 6) is 2.41. The Morgan fingerprint density at radius 2 is 2.36 bits per heavy atom. The highest BCUT2D eigenvalue weighted by Crippen LogP contribution is 2.41. The predicted octanol–water partition coefficient (Wildman–Crippen LogP) is 1.78. The predicted molar refractivity (Wildman–Crippen MR) is 52.9 cm³/mol. The molecule has 2 fully saturated rings. The van der Waals surface area contributed by atoms with Gasteiger partial charge in [0.2, 0.25) is 0 Å². The van der Waals surface area contributed by atoms with Crippen LogP contribution < -0.4 is 5.32 Å². The van der Waals surface area contributed by atoms with Crippen molar-refractivity contribution in [3.63, 3.8) is 0 Å². The highest BCUT2D eigenvalue weighted by Gasteiger charge is 2.34. The van der Waals surface area contributed by atoms with Crippen LogP contribution in [0.25, 0.3) is 0 Å². The molecular formula is C11H16N2O. The Labute approximate surface area is 83.9 Å². The van der Waals surface area contributed by atoms with Crippen molar-refractivity contribution >= 4 is 0 Å². The molecule has 76 valence electrons. The quantitative estimate of drug-likeness (QED) is 0.737. The van der Waals surface area contributed by atoms with Crippen molar-refractivity contribution in [3.8, 4) is 0 Å². The van der Waals surface area contributed by atoms with Crippen LogP contribution >= 0.6 is 0 Å². The molecule has 1 aromatic heterocycles. The third-order valence-corrected chi connectivity index (χ3v) is 3.81. The smallest absolute Gasteiger partial charge is 0.127 e. The molecule has 3 rings (SSSR count). The second-order valence-corrected chi connectivity index (χ2v) is 4.66. The van der Waals surface area contributed by atoms with Gasteiger partial charge in [0, 0.05) is 5.56 Å². The van der Waals surface area contributed by atoms with E-state index in [-0.39, 0.29) is 0 Å². The van der Waals surface area contributed by atoms with Gasteiger partial charge in [-0.25, -0.2) is 0 Å². The number of piperidine rings is 1. The van der Waals surface area contributed by atoms with Crippen LogP contribution in [0.1, 0.15) is 30.7 Å². The van der Waals surface area contributed by atoms with E-state index in [1.54, 1.807) is 0 Å². The van der Waals surface area contributed by atoms with Gasteiger partial charge in [-0.3, -0.25) is 0 Å². The molecule has 3 unspecified atom stereocenters. The van der Waals surface area contributed by atoms with Crippen molar-refractivity contribution in [3.05, 3.63) is 18.0 Å². The first-order valence-electron chi connectivity index (χ1n) is 5.53. The molecule has 0 aromatic carbocycles. The molecule has 3 atom stereocenters. The summed E-state index contributed by atoms with van der Waals surface area (Å²) in [6.07, 6.45) is 7.78. The van der Waals surface area contributed by atoms with Gasteiger partial charge >= 0.3 is 0 Å². The van der Waals surface area contributed by atoms with Crippen LogP contribution in [0, 0.1) is 11.8 Å². The summed E-state index contributed by atoms with van der Waals surface area (Å²) in [4.78, 5) is 0. The number of nitrogens with zero attached hydrogens (tertiary/aromatic N) is 1. The van der Waals surface area contributed by atoms with Gasteiger partial charge in [-0.2, -0.15) is 0 Å². The molecule has 1 saturated heterocycles. The minimum Gasteiger partial charge on any atom is -0.364 e. The van der Waals surface area contributed by atoms with E-state index in [1.807, 2.05) is 12.5 Å². The van der Waals surface area contributed by atoms with E-state index in [4.69, 9.17) is 4.52 Å². The lowest BCUT2D eigenvalue weighted by molar-refractivity contribution is 0.179. The van der Waals surface area contributed by atoms with Crippen molar-refractivity contribution in [2.75, 3.05) is 13.1 Å². The van der Waals surface area contributed by atoms with Crippen molar-refractivity contribution in [1.29, 1.82) is 0 Å². The molecular weight excluding hydrogens is 176 g/mol. The summed E-state index contributed by atoms with van der Waals surface area (Å²) in [7, 11) is 0. The minimum atomic E-state index is 0.685. The van der Waals surface area contributed by atoms with E-state index >= 15 is 0 Å². The fraction of sp³-hybridized carbons (Fsp3) is 0.727. The van der Waals surface area contributed by atoms with Gasteiger partial charge in [-0.05, 0) is 50.1 Å². The second kappa shape index (κ2) is 3.39. The van der Waals surface area contributed by atoms with E-state index in [9.17, 15) is 0 Å². The lowest BCUT2D eigenvalue weighted by atomic mass is 9.70. The Morgan fingerprint density at radius 1 is 1.36 bits per heavy atom. The highest BCUT2D eigenvalue weighted by molar-refractivity contribution is 5.12. The molecule has 1 aliphatic carbocycles. The summed E-state index contributed by atoms with van der Waals surface area (Å²) in [6.45, 7) is 2.40. The van der Waals surface area contributed by atoms with Crippen LogP contribution in [0.2, 0.25) is 0 Å². The van der Waals surface area contributed by atoms with E-state index in [0.717, 1.165) is 11.8 Å². The number of nitrogens with one attached hydrogen (secondary N) is 1. The molecule has 3 heteroatoms. The van der Waals surface area contributed by atoms with Gasteiger partial charge in [-0.15, -0.1) is 0 Å². The second-order valence-electron chi connectivity index (χ2n) is 4.66. The summed E-state index contributed by atoms with van der Waals surface area (Å²) < 4.78 is 4.93. The molecule has 2 aliphatic rings. The zero-order valence-corrected chi connectivity index (χ0v) is 8.28. The molecule has 1 aromatic rings. The van der Waals surface area contributed by atoms with Gasteiger partial charge in [-0.1, -0.05) is 5.16 Å². The highest BCUT2D eigenvalue weighted by atomic mass is 16.5. The van der Waals surface area contributed by atoms with Crippen molar-refractivity contribution in [2.45, 2.75) is 25.2 Å². The largest absolute Gasteiger partial charge is 0.364 e. The van der Waals surface area contributed by atoms with E-state index in [1.165, 1.54) is 37.9 Å². The molecule has 1 saturated carbocycles. The standard InChI is InChI=1S/C11H16N2O/c1-2-11(10-6-13-14-7-10)9-3-8(1)4-12-5-9/h6-9,11-12H,1-5H2. The zero-order valence-electron chi connectivity index (χ0n) is 8.28. The first-order chi connectivity index (χ1) is 6.93. The molecule has 14 heavy (non-hydrogen) atoms. The number of hydrogen-bond donors (Lipinski definition) is 1. The monoisotopic (exact) mass is 192 g/mol. The average Bonchev–Trinajstić information content (AvgIpc) is 2.71. The first kappa shape index (κ1) is 8.48. The Balaban J connectivity index is 1.80. The molecule has 0 amide bonds. The Kier molecular flexibility index (Phi) is 2.05. The van der Waals surface area contributed by atoms with Gasteiger partial charge in [0.1, 0.15) is 6.26 Å². The van der Waals surface area contributed by atoms with Crippen LogP contribution in [0.3, 0.4) is 0 Å². The fourth-order valence-electron chi connectivity index (χ4n) is 3.08. The normalized spacial score (nSPS) is 37.0. The van der Waals surface area contributed by atoms with Crippen LogP contribution in [0.4, 0.5) is 0 Å². The Bertz CT molecular complexity index is 296. The molecule has 1 aliphatic heterocycles. The molecule has 2 bridgehead atoms. The lowest BCUT2D eigenvalue weighted by Crippen LogP contribution is -2.42. The maximum absolute atomic E-state index is 4.93. The number of rotatable bonds is 1. The summed E-state index contributed by atoms with van der Waals surface area (Å²) in [6, 6.07) is 0. The average molecular weight is 192 g/mol. The third-order valence-electron chi connectivity index (χ3n) is 3.81. The number of aromatic nitrogens is 1. The Hall–Kier alpha value is -0.830. The van der Waals surface area contributed by atoms with Crippen LogP contribution in [0.5, 0.6) is 0 Å².